The van der Waals surface area contributed by atoms with Crippen molar-refractivity contribution >= 4 is 11.7 Å². The van der Waals surface area contributed by atoms with Gasteiger partial charge in [0.2, 0.25) is 0 Å². The Bertz CT molecular complexity index is 421. The first kappa shape index (κ1) is 12.9. The van der Waals surface area contributed by atoms with Gasteiger partial charge in [0.25, 0.3) is 0 Å². The molecule has 3 heteroatoms. The lowest BCUT2D eigenvalue weighted by Gasteiger charge is -2.18. The maximum atomic E-state index is 10.9. The summed E-state index contributed by atoms with van der Waals surface area (Å²) in [6.07, 6.45) is 7.72. The summed E-state index contributed by atoms with van der Waals surface area (Å²) in [4.78, 5) is 10.9. The van der Waals surface area contributed by atoms with Crippen LogP contribution in [-0.2, 0) is 0 Å². The van der Waals surface area contributed by atoms with Crippen molar-refractivity contribution in [2.75, 3.05) is 5.32 Å². The predicted octanol–water partition coefficient (Wildman–Crippen LogP) is 3.83. The van der Waals surface area contributed by atoms with Crippen molar-refractivity contribution in [3.63, 3.8) is 0 Å². The fourth-order valence-corrected chi connectivity index (χ4v) is 2.65. The summed E-state index contributed by atoms with van der Waals surface area (Å²) in [6, 6.07) is 6.05. The number of carboxylic acids is 1. The predicted molar refractivity (Wildman–Crippen MR) is 73.3 cm³/mol. The fourth-order valence-electron chi connectivity index (χ4n) is 2.65. The average Bonchev–Trinajstić information content (AvgIpc) is 2.57. The highest BCUT2D eigenvalue weighted by Gasteiger charge is 2.13. The molecule has 0 heterocycles. The van der Waals surface area contributed by atoms with Gasteiger partial charge < -0.3 is 10.4 Å². The van der Waals surface area contributed by atoms with E-state index in [0.29, 0.717) is 11.6 Å². The van der Waals surface area contributed by atoms with Gasteiger partial charge in [0.1, 0.15) is 0 Å². The maximum Gasteiger partial charge on any atom is 0.335 e. The molecule has 1 aliphatic rings. The second-order valence-corrected chi connectivity index (χ2v) is 5.17. The summed E-state index contributed by atoms with van der Waals surface area (Å²) in [5.74, 6) is -0.853. The summed E-state index contributed by atoms with van der Waals surface area (Å²) in [5, 5.41) is 12.5. The number of nitrogens with one attached hydrogen (secondary N) is 1. The van der Waals surface area contributed by atoms with E-state index in [1.54, 1.807) is 6.07 Å². The Morgan fingerprint density at radius 1 is 1.22 bits per heavy atom. The molecule has 1 saturated carbocycles. The van der Waals surface area contributed by atoms with Gasteiger partial charge in [-0.1, -0.05) is 25.7 Å². The number of aromatic carboxylic acids is 1. The van der Waals surface area contributed by atoms with E-state index in [9.17, 15) is 4.79 Å². The zero-order chi connectivity index (χ0) is 13.0. The Labute approximate surface area is 108 Å². The van der Waals surface area contributed by atoms with Crippen molar-refractivity contribution < 1.29 is 9.90 Å². The van der Waals surface area contributed by atoms with E-state index in [4.69, 9.17) is 5.11 Å². The maximum absolute atomic E-state index is 10.9. The summed E-state index contributed by atoms with van der Waals surface area (Å²) in [5.41, 5.74) is 2.26. The van der Waals surface area contributed by atoms with E-state index < -0.39 is 5.97 Å². The number of hydrogen-bond acceptors (Lipinski definition) is 2. The van der Waals surface area contributed by atoms with Crippen molar-refractivity contribution in [2.24, 2.45) is 0 Å². The van der Waals surface area contributed by atoms with Crippen LogP contribution in [0, 0.1) is 6.92 Å². The molecule has 1 aromatic carbocycles. The molecule has 1 fully saturated rings. The Balaban J connectivity index is 2.05. The Kier molecular flexibility index (Phi) is 4.24. The number of carboxylic acid groups (broad SMARTS) is 1. The van der Waals surface area contributed by atoms with Crippen LogP contribution in [0.25, 0.3) is 0 Å². The average molecular weight is 247 g/mol. The number of rotatable bonds is 3. The molecule has 1 aromatic rings. The molecule has 0 aromatic heterocycles. The molecule has 0 atom stereocenters. The third-order valence-corrected chi connectivity index (χ3v) is 3.68. The van der Waals surface area contributed by atoms with Crippen LogP contribution >= 0.6 is 0 Å². The SMILES string of the molecule is Cc1cc(NC2CCCCCC2)ccc1C(=O)O. The van der Waals surface area contributed by atoms with Crippen molar-refractivity contribution in [3.8, 4) is 0 Å². The Hall–Kier alpha value is -1.51. The molecule has 1 aliphatic carbocycles. The molecule has 18 heavy (non-hydrogen) atoms. The van der Waals surface area contributed by atoms with E-state index in [-0.39, 0.29) is 0 Å². The minimum Gasteiger partial charge on any atom is -0.478 e. The zero-order valence-electron chi connectivity index (χ0n) is 10.9. The quantitative estimate of drug-likeness (QED) is 0.798. The second kappa shape index (κ2) is 5.89. The summed E-state index contributed by atoms with van der Waals surface area (Å²) in [7, 11) is 0. The van der Waals surface area contributed by atoms with Crippen LogP contribution < -0.4 is 5.32 Å². The molecule has 0 radical (unpaired) electrons. The molecule has 98 valence electrons. The third kappa shape index (κ3) is 3.25. The molecule has 2 rings (SSSR count). The normalized spacial score (nSPS) is 17.2. The monoisotopic (exact) mass is 247 g/mol. The smallest absolute Gasteiger partial charge is 0.335 e. The first-order valence-electron chi connectivity index (χ1n) is 6.77. The topological polar surface area (TPSA) is 49.3 Å². The van der Waals surface area contributed by atoms with Crippen LogP contribution in [0.1, 0.15) is 54.4 Å². The van der Waals surface area contributed by atoms with E-state index in [1.165, 1.54) is 38.5 Å². The van der Waals surface area contributed by atoms with Crippen molar-refractivity contribution in [1.82, 2.24) is 0 Å². The lowest BCUT2D eigenvalue weighted by molar-refractivity contribution is 0.0696. The minimum absolute atomic E-state index is 0.390. The third-order valence-electron chi connectivity index (χ3n) is 3.68. The Morgan fingerprint density at radius 3 is 2.44 bits per heavy atom. The highest BCUT2D eigenvalue weighted by atomic mass is 16.4. The fraction of sp³-hybridized carbons (Fsp3) is 0.533. The number of anilines is 1. The van der Waals surface area contributed by atoms with E-state index in [0.717, 1.165) is 11.3 Å². The van der Waals surface area contributed by atoms with Crippen LogP contribution in [0.2, 0.25) is 0 Å². The van der Waals surface area contributed by atoms with Gasteiger partial charge in [-0.2, -0.15) is 0 Å². The van der Waals surface area contributed by atoms with Crippen molar-refractivity contribution in [2.45, 2.75) is 51.5 Å². The minimum atomic E-state index is -0.853. The van der Waals surface area contributed by atoms with Gasteiger partial charge in [0.05, 0.1) is 5.56 Å². The van der Waals surface area contributed by atoms with Crippen LogP contribution in [0.15, 0.2) is 18.2 Å². The van der Waals surface area contributed by atoms with Gasteiger partial charge in [0, 0.05) is 11.7 Å². The van der Waals surface area contributed by atoms with Crippen molar-refractivity contribution in [1.29, 1.82) is 0 Å². The lowest BCUT2D eigenvalue weighted by Crippen LogP contribution is -2.18. The molecule has 0 aliphatic heterocycles. The molecular weight excluding hydrogens is 226 g/mol. The van der Waals surface area contributed by atoms with Crippen LogP contribution in [0.3, 0.4) is 0 Å². The number of aryl methyl sites for hydroxylation is 1. The van der Waals surface area contributed by atoms with Gasteiger partial charge in [-0.05, 0) is 43.5 Å². The molecular formula is C15H21NO2. The van der Waals surface area contributed by atoms with E-state index in [1.807, 2.05) is 19.1 Å². The van der Waals surface area contributed by atoms with E-state index in [2.05, 4.69) is 5.32 Å². The molecule has 0 amide bonds. The first-order chi connectivity index (χ1) is 8.66. The van der Waals surface area contributed by atoms with Gasteiger partial charge in [-0.15, -0.1) is 0 Å². The summed E-state index contributed by atoms with van der Waals surface area (Å²) >= 11 is 0. The molecule has 3 nitrogen and oxygen atoms in total. The molecule has 0 spiro atoms. The molecule has 0 bridgehead atoms. The van der Waals surface area contributed by atoms with E-state index >= 15 is 0 Å². The van der Waals surface area contributed by atoms with Gasteiger partial charge in [-0.25, -0.2) is 4.79 Å². The van der Waals surface area contributed by atoms with Gasteiger partial charge >= 0.3 is 5.97 Å². The number of benzene rings is 1. The molecule has 0 saturated heterocycles. The first-order valence-corrected chi connectivity index (χ1v) is 6.77. The number of carbonyl (C=O) groups is 1. The van der Waals surface area contributed by atoms with Gasteiger partial charge in [-0.3, -0.25) is 0 Å². The highest BCUT2D eigenvalue weighted by Crippen LogP contribution is 2.22. The van der Waals surface area contributed by atoms with Crippen LogP contribution in [0.5, 0.6) is 0 Å². The lowest BCUT2D eigenvalue weighted by atomic mass is 10.1. The standard InChI is InChI=1S/C15H21NO2/c1-11-10-13(8-9-14(11)15(17)18)16-12-6-4-2-3-5-7-12/h8-10,12,16H,2-7H2,1H3,(H,17,18). The van der Waals surface area contributed by atoms with Crippen molar-refractivity contribution in [3.05, 3.63) is 29.3 Å². The number of hydrogen-bond donors (Lipinski definition) is 2. The Morgan fingerprint density at radius 2 is 1.89 bits per heavy atom. The van der Waals surface area contributed by atoms with Crippen LogP contribution in [-0.4, -0.2) is 17.1 Å². The zero-order valence-corrected chi connectivity index (χ0v) is 10.9. The van der Waals surface area contributed by atoms with Crippen LogP contribution in [0.4, 0.5) is 5.69 Å². The molecule has 0 unspecified atom stereocenters. The highest BCUT2D eigenvalue weighted by molar-refractivity contribution is 5.89. The van der Waals surface area contributed by atoms with Gasteiger partial charge in [0.15, 0.2) is 0 Å². The summed E-state index contributed by atoms with van der Waals surface area (Å²) < 4.78 is 0. The molecule has 2 N–H and O–H groups in total. The largest absolute Gasteiger partial charge is 0.478 e. The summed E-state index contributed by atoms with van der Waals surface area (Å²) in [6.45, 7) is 1.85. The second-order valence-electron chi connectivity index (χ2n) is 5.17.